The van der Waals surface area contributed by atoms with Crippen molar-refractivity contribution in [3.63, 3.8) is 0 Å². The highest BCUT2D eigenvalue weighted by Crippen LogP contribution is 2.24. The molecule has 1 nitrogen and oxygen atoms in total. The van der Waals surface area contributed by atoms with Crippen LogP contribution in [0.25, 0.3) is 0 Å². The monoisotopic (exact) mass is 243 g/mol. The fourth-order valence-electron chi connectivity index (χ4n) is 1.80. The summed E-state index contributed by atoms with van der Waals surface area (Å²) in [4.78, 5) is 0. The van der Waals surface area contributed by atoms with Crippen molar-refractivity contribution in [1.29, 1.82) is 0 Å². The smallest absolute Gasteiger partial charge is 0.0665 e. The van der Waals surface area contributed by atoms with Crippen LogP contribution in [0, 0.1) is 11.8 Å². The van der Waals surface area contributed by atoms with E-state index >= 15 is 0 Å². The quantitative estimate of drug-likeness (QED) is 0.797. The maximum absolute atomic E-state index is 5.85. The number of nitrogens with two attached hydrogens (primary N) is 1. The predicted molar refractivity (Wildman–Crippen MR) is 79.8 cm³/mol. The summed E-state index contributed by atoms with van der Waals surface area (Å²) >= 11 is 0. The van der Waals surface area contributed by atoms with E-state index in [4.69, 9.17) is 5.73 Å². The molecule has 2 N–H and O–H groups in total. The summed E-state index contributed by atoms with van der Waals surface area (Å²) in [5.41, 5.74) is 9.68. The topological polar surface area (TPSA) is 26.0 Å². The zero-order chi connectivity index (χ0) is 13.7. The molecule has 1 heteroatoms. The van der Waals surface area contributed by atoms with Crippen LogP contribution in [0.5, 0.6) is 0 Å². The minimum absolute atomic E-state index is 0.0187. The first-order valence-electron chi connectivity index (χ1n) is 6.86. The van der Waals surface area contributed by atoms with Crippen molar-refractivity contribution in [1.82, 2.24) is 0 Å². The molecule has 0 aliphatic rings. The van der Waals surface area contributed by atoms with Crippen LogP contribution in [0.3, 0.4) is 0 Å². The van der Waals surface area contributed by atoms with Crippen molar-refractivity contribution in [2.24, 2.45) is 5.73 Å². The Hall–Kier alpha value is -1.26. The SMILES string of the molecule is CCC(N)C#Cc1ccc(C(C)C)cc1C(C)C. The lowest BCUT2D eigenvalue weighted by Crippen LogP contribution is -2.15. The zero-order valence-electron chi connectivity index (χ0n) is 12.2. The van der Waals surface area contributed by atoms with Crippen LogP contribution in [0.2, 0.25) is 0 Å². The second-order valence-corrected chi connectivity index (χ2v) is 5.44. The van der Waals surface area contributed by atoms with Crippen molar-refractivity contribution in [2.75, 3.05) is 0 Å². The molecule has 1 rings (SSSR count). The highest BCUT2D eigenvalue weighted by molar-refractivity contribution is 5.46. The lowest BCUT2D eigenvalue weighted by atomic mass is 9.91. The van der Waals surface area contributed by atoms with Crippen LogP contribution < -0.4 is 5.73 Å². The van der Waals surface area contributed by atoms with Gasteiger partial charge in [-0.1, -0.05) is 58.6 Å². The van der Waals surface area contributed by atoms with E-state index in [-0.39, 0.29) is 6.04 Å². The average molecular weight is 243 g/mol. The molecule has 0 aliphatic carbocycles. The standard InChI is InChI=1S/C17H25N/c1-6-16(18)10-9-14-7-8-15(12(2)3)11-17(14)13(4)5/h7-8,11-13,16H,6,18H2,1-5H3. The maximum atomic E-state index is 5.85. The van der Waals surface area contributed by atoms with Crippen molar-refractivity contribution < 1.29 is 0 Å². The normalized spacial score (nSPS) is 12.4. The summed E-state index contributed by atoms with van der Waals surface area (Å²) in [6.07, 6.45) is 0.897. The molecule has 1 unspecified atom stereocenters. The van der Waals surface area contributed by atoms with Crippen LogP contribution in [0.15, 0.2) is 18.2 Å². The zero-order valence-corrected chi connectivity index (χ0v) is 12.2. The van der Waals surface area contributed by atoms with Gasteiger partial charge >= 0.3 is 0 Å². The largest absolute Gasteiger partial charge is 0.318 e. The van der Waals surface area contributed by atoms with Gasteiger partial charge in [-0.25, -0.2) is 0 Å². The molecule has 0 aliphatic heterocycles. The number of rotatable bonds is 3. The summed E-state index contributed by atoms with van der Waals surface area (Å²) in [7, 11) is 0. The second-order valence-electron chi connectivity index (χ2n) is 5.44. The van der Waals surface area contributed by atoms with Gasteiger partial charge in [0.1, 0.15) is 0 Å². The molecule has 1 aromatic rings. The summed E-state index contributed by atoms with van der Waals surface area (Å²) < 4.78 is 0. The summed E-state index contributed by atoms with van der Waals surface area (Å²) in [5, 5.41) is 0. The first-order valence-corrected chi connectivity index (χ1v) is 6.86. The molecule has 1 aromatic carbocycles. The molecule has 1 atom stereocenters. The Bertz CT molecular complexity index is 446. The van der Waals surface area contributed by atoms with E-state index in [1.54, 1.807) is 0 Å². The molecule has 0 amide bonds. The van der Waals surface area contributed by atoms with Gasteiger partial charge in [0, 0.05) is 5.56 Å². The van der Waals surface area contributed by atoms with E-state index in [0.29, 0.717) is 11.8 Å². The lowest BCUT2D eigenvalue weighted by Gasteiger charge is -2.13. The van der Waals surface area contributed by atoms with Crippen LogP contribution >= 0.6 is 0 Å². The summed E-state index contributed by atoms with van der Waals surface area (Å²) in [6.45, 7) is 10.9. The average Bonchev–Trinajstić information content (AvgIpc) is 2.35. The molecule has 0 saturated heterocycles. The lowest BCUT2D eigenvalue weighted by molar-refractivity contribution is 0.805. The first kappa shape index (κ1) is 14.8. The van der Waals surface area contributed by atoms with Crippen molar-refractivity contribution in [3.8, 4) is 11.8 Å². The number of benzene rings is 1. The molecule has 0 heterocycles. The Morgan fingerprint density at radius 3 is 2.28 bits per heavy atom. The van der Waals surface area contributed by atoms with E-state index in [1.807, 2.05) is 0 Å². The van der Waals surface area contributed by atoms with E-state index in [9.17, 15) is 0 Å². The van der Waals surface area contributed by atoms with Crippen molar-refractivity contribution in [3.05, 3.63) is 34.9 Å². The summed E-state index contributed by atoms with van der Waals surface area (Å²) in [6, 6.07) is 6.59. The third-order valence-corrected chi connectivity index (χ3v) is 3.20. The van der Waals surface area contributed by atoms with Gasteiger partial charge in [0.15, 0.2) is 0 Å². The van der Waals surface area contributed by atoms with Crippen LogP contribution in [-0.4, -0.2) is 6.04 Å². The fourth-order valence-corrected chi connectivity index (χ4v) is 1.80. The van der Waals surface area contributed by atoms with Crippen molar-refractivity contribution >= 4 is 0 Å². The predicted octanol–water partition coefficient (Wildman–Crippen LogP) is 4.02. The van der Waals surface area contributed by atoms with Crippen LogP contribution in [0.1, 0.15) is 69.6 Å². The maximum Gasteiger partial charge on any atom is 0.0665 e. The summed E-state index contributed by atoms with van der Waals surface area (Å²) in [5.74, 6) is 7.41. The molecule has 0 saturated carbocycles. The first-order chi connectivity index (χ1) is 8.45. The Morgan fingerprint density at radius 2 is 1.78 bits per heavy atom. The Morgan fingerprint density at radius 1 is 1.11 bits per heavy atom. The molecule has 0 fully saturated rings. The Kier molecular flexibility index (Phi) is 5.44. The highest BCUT2D eigenvalue weighted by atomic mass is 14.6. The minimum atomic E-state index is -0.0187. The van der Waals surface area contributed by atoms with Gasteiger partial charge in [-0.3, -0.25) is 0 Å². The van der Waals surface area contributed by atoms with Crippen molar-refractivity contribution in [2.45, 2.75) is 58.9 Å². The third-order valence-electron chi connectivity index (χ3n) is 3.20. The van der Waals surface area contributed by atoms with Gasteiger partial charge in [0.05, 0.1) is 6.04 Å². The number of hydrogen-bond acceptors (Lipinski definition) is 1. The number of hydrogen-bond donors (Lipinski definition) is 1. The highest BCUT2D eigenvalue weighted by Gasteiger charge is 2.08. The van der Waals surface area contributed by atoms with Gasteiger partial charge in [-0.05, 0) is 35.4 Å². The van der Waals surface area contributed by atoms with Gasteiger partial charge in [-0.15, -0.1) is 0 Å². The van der Waals surface area contributed by atoms with E-state index in [2.05, 4.69) is 64.7 Å². The Labute approximate surface area is 112 Å². The molecule has 0 bridgehead atoms. The van der Waals surface area contributed by atoms with Gasteiger partial charge in [0.2, 0.25) is 0 Å². The Balaban J connectivity index is 3.14. The molecule has 98 valence electrons. The second kappa shape index (κ2) is 6.61. The van der Waals surface area contributed by atoms with Crippen LogP contribution in [0.4, 0.5) is 0 Å². The van der Waals surface area contributed by atoms with Gasteiger partial charge in [0.25, 0.3) is 0 Å². The van der Waals surface area contributed by atoms with Gasteiger partial charge in [-0.2, -0.15) is 0 Å². The third kappa shape index (κ3) is 3.89. The molecule has 0 radical (unpaired) electrons. The molecular formula is C17H25N. The van der Waals surface area contributed by atoms with Gasteiger partial charge < -0.3 is 5.73 Å². The van der Waals surface area contributed by atoms with E-state index in [1.165, 1.54) is 11.1 Å². The fraction of sp³-hybridized carbons (Fsp3) is 0.529. The van der Waals surface area contributed by atoms with Crippen LogP contribution in [-0.2, 0) is 0 Å². The molecule has 0 aromatic heterocycles. The minimum Gasteiger partial charge on any atom is -0.318 e. The molecule has 0 spiro atoms. The van der Waals surface area contributed by atoms with E-state index < -0.39 is 0 Å². The van der Waals surface area contributed by atoms with E-state index in [0.717, 1.165) is 12.0 Å². The molecule has 18 heavy (non-hydrogen) atoms. The molecular weight excluding hydrogens is 218 g/mol.